The summed E-state index contributed by atoms with van der Waals surface area (Å²) in [5.41, 5.74) is 3.27. The number of nitrogens with one attached hydrogen (secondary N) is 2. The number of urea groups is 1. The van der Waals surface area contributed by atoms with Gasteiger partial charge in [0.15, 0.2) is 0 Å². The maximum atomic E-state index is 13.2. The molecule has 6 nitrogen and oxygen atoms in total. The summed E-state index contributed by atoms with van der Waals surface area (Å²) in [6, 6.07) is 12.2. The van der Waals surface area contributed by atoms with Crippen LogP contribution in [0, 0.1) is 17.8 Å². The van der Waals surface area contributed by atoms with Crippen molar-refractivity contribution in [2.24, 2.45) is 17.8 Å². The quantitative estimate of drug-likeness (QED) is 0.532. The molecule has 2 aromatic carbocycles. The van der Waals surface area contributed by atoms with Gasteiger partial charge < -0.3 is 15.4 Å². The zero-order valence-corrected chi connectivity index (χ0v) is 21.2. The second-order valence-electron chi connectivity index (χ2n) is 8.86. The molecule has 0 spiro atoms. The summed E-state index contributed by atoms with van der Waals surface area (Å²) in [5.74, 6) is -0.825. The molecule has 4 atom stereocenters. The molecule has 182 valence electrons. The first kappa shape index (κ1) is 24.2. The fraction of sp³-hybridized carbons (Fsp3) is 0.308. The maximum absolute atomic E-state index is 13.2. The number of anilines is 1. The first-order valence-corrected chi connectivity index (χ1v) is 12.5. The number of ether oxygens (including phenoxy) is 1. The molecule has 2 heterocycles. The largest absolute Gasteiger partial charge is 0.469 e. The molecule has 0 aromatic heterocycles. The number of hydrogen-bond donors (Lipinski definition) is 2. The summed E-state index contributed by atoms with van der Waals surface area (Å²) in [6.07, 6.45) is 4.18. The van der Waals surface area contributed by atoms with Crippen LogP contribution in [0.25, 0.3) is 5.57 Å². The van der Waals surface area contributed by atoms with Crippen LogP contribution >= 0.6 is 34.8 Å². The van der Waals surface area contributed by atoms with E-state index in [0.717, 1.165) is 16.7 Å². The molecule has 2 amide bonds. The Balaban J connectivity index is 1.67. The van der Waals surface area contributed by atoms with Crippen molar-refractivity contribution in [1.82, 2.24) is 10.6 Å². The number of amides is 2. The smallest absolute Gasteiger partial charge is 0.322 e. The standard InChI is InChI=1S/C26H24Cl3N3O3/c1-35-25(33)19-12-30-11-17(19)14-9-16(15-5-2-3-6-20(15)27)18-13-31-26(34)32(23(18)10-14)24-21(28)7-4-8-22(24)29/h2-10,17-19,23,30H,11-13H2,1H3,(H,31,34). The van der Waals surface area contributed by atoms with Crippen molar-refractivity contribution < 1.29 is 14.3 Å². The van der Waals surface area contributed by atoms with Gasteiger partial charge in [-0.05, 0) is 34.9 Å². The zero-order valence-electron chi connectivity index (χ0n) is 18.9. The Labute approximate surface area is 218 Å². The summed E-state index contributed by atoms with van der Waals surface area (Å²) in [4.78, 5) is 27.4. The van der Waals surface area contributed by atoms with Gasteiger partial charge in [0.2, 0.25) is 0 Å². The molecule has 9 heteroatoms. The molecule has 0 saturated carbocycles. The number of halogens is 3. The summed E-state index contributed by atoms with van der Waals surface area (Å²) in [6.45, 7) is 1.57. The third kappa shape index (κ3) is 4.33. The average molecular weight is 533 g/mol. The maximum Gasteiger partial charge on any atom is 0.322 e. The molecule has 5 rings (SSSR count). The molecular weight excluding hydrogens is 509 g/mol. The van der Waals surface area contributed by atoms with Crippen LogP contribution in [0.1, 0.15) is 5.56 Å². The molecule has 35 heavy (non-hydrogen) atoms. The Bertz CT molecular complexity index is 1230. The van der Waals surface area contributed by atoms with E-state index in [2.05, 4.69) is 22.8 Å². The second-order valence-corrected chi connectivity index (χ2v) is 10.1. The van der Waals surface area contributed by atoms with E-state index in [-0.39, 0.29) is 35.8 Å². The number of allylic oxidation sites excluding steroid dienone is 1. The van der Waals surface area contributed by atoms with Crippen molar-refractivity contribution in [2.75, 3.05) is 31.6 Å². The van der Waals surface area contributed by atoms with Crippen molar-refractivity contribution >= 4 is 58.1 Å². The van der Waals surface area contributed by atoms with Gasteiger partial charge in [0, 0.05) is 36.5 Å². The number of esters is 1. The molecule has 1 aliphatic carbocycles. The van der Waals surface area contributed by atoms with Crippen LogP contribution < -0.4 is 15.5 Å². The Kier molecular flexibility index (Phi) is 6.82. The lowest BCUT2D eigenvalue weighted by Crippen LogP contribution is -2.58. The van der Waals surface area contributed by atoms with Crippen molar-refractivity contribution in [1.29, 1.82) is 0 Å². The van der Waals surface area contributed by atoms with E-state index in [1.807, 2.05) is 24.3 Å². The highest BCUT2D eigenvalue weighted by molar-refractivity contribution is 6.40. The lowest BCUT2D eigenvalue weighted by atomic mass is 9.75. The molecule has 2 N–H and O–H groups in total. The van der Waals surface area contributed by atoms with E-state index in [0.29, 0.717) is 40.4 Å². The predicted octanol–water partition coefficient (Wildman–Crippen LogP) is 5.19. The van der Waals surface area contributed by atoms with Gasteiger partial charge >= 0.3 is 12.0 Å². The van der Waals surface area contributed by atoms with Gasteiger partial charge in [0.25, 0.3) is 0 Å². The van der Waals surface area contributed by atoms with Gasteiger partial charge in [-0.2, -0.15) is 0 Å². The third-order valence-electron chi connectivity index (χ3n) is 7.00. The van der Waals surface area contributed by atoms with E-state index in [4.69, 9.17) is 39.5 Å². The number of fused-ring (bicyclic) bond motifs is 1. The van der Waals surface area contributed by atoms with E-state index >= 15 is 0 Å². The molecule has 2 aromatic rings. The summed E-state index contributed by atoms with van der Waals surface area (Å²) >= 11 is 19.7. The van der Waals surface area contributed by atoms with Gasteiger partial charge in [-0.15, -0.1) is 0 Å². The fourth-order valence-electron chi connectivity index (χ4n) is 5.34. The van der Waals surface area contributed by atoms with Gasteiger partial charge in [0.05, 0.1) is 34.8 Å². The van der Waals surface area contributed by atoms with Crippen LogP contribution in [-0.2, 0) is 9.53 Å². The lowest BCUT2D eigenvalue weighted by molar-refractivity contribution is -0.145. The van der Waals surface area contributed by atoms with Gasteiger partial charge in [-0.25, -0.2) is 4.79 Å². The second kappa shape index (κ2) is 9.86. The Morgan fingerprint density at radius 2 is 1.69 bits per heavy atom. The van der Waals surface area contributed by atoms with Crippen LogP contribution in [0.4, 0.5) is 10.5 Å². The average Bonchev–Trinajstić information content (AvgIpc) is 3.34. The highest BCUT2D eigenvalue weighted by Crippen LogP contribution is 2.45. The Hall–Kier alpha value is -2.51. The first-order chi connectivity index (χ1) is 16.9. The predicted molar refractivity (Wildman–Crippen MR) is 139 cm³/mol. The lowest BCUT2D eigenvalue weighted by Gasteiger charge is -2.44. The molecule has 2 saturated heterocycles. The summed E-state index contributed by atoms with van der Waals surface area (Å²) in [5, 5.41) is 7.69. The number of methoxy groups -OCH3 is 1. The minimum absolute atomic E-state index is 0.116. The third-order valence-corrected chi connectivity index (χ3v) is 7.94. The van der Waals surface area contributed by atoms with Crippen LogP contribution in [0.3, 0.4) is 0 Å². The van der Waals surface area contributed by atoms with E-state index in [1.54, 1.807) is 23.1 Å². The SMILES string of the molecule is COC(=O)C1CNCC1C1=CC2C(CNC(=O)N2c2c(Cl)cccc2Cl)C(c2ccccc2Cl)=C1. The van der Waals surface area contributed by atoms with Crippen LogP contribution in [0.5, 0.6) is 0 Å². The number of para-hydroxylation sites is 1. The van der Waals surface area contributed by atoms with Gasteiger partial charge in [-0.3, -0.25) is 9.69 Å². The minimum Gasteiger partial charge on any atom is -0.469 e. The number of benzene rings is 2. The number of nitrogens with zero attached hydrogens (tertiary/aromatic N) is 1. The molecule has 2 fully saturated rings. The fourth-order valence-corrected chi connectivity index (χ4v) is 6.16. The first-order valence-electron chi connectivity index (χ1n) is 11.4. The highest BCUT2D eigenvalue weighted by atomic mass is 35.5. The van der Waals surface area contributed by atoms with Crippen molar-refractivity contribution in [3.63, 3.8) is 0 Å². The molecule has 2 aliphatic heterocycles. The molecular formula is C26H24Cl3N3O3. The summed E-state index contributed by atoms with van der Waals surface area (Å²) in [7, 11) is 1.40. The van der Waals surface area contributed by atoms with Gasteiger partial charge in [-0.1, -0.05) is 71.2 Å². The van der Waals surface area contributed by atoms with Gasteiger partial charge in [0.1, 0.15) is 0 Å². The molecule has 0 radical (unpaired) electrons. The number of hydrogen-bond acceptors (Lipinski definition) is 4. The highest BCUT2D eigenvalue weighted by Gasteiger charge is 2.44. The van der Waals surface area contributed by atoms with Crippen LogP contribution in [0.2, 0.25) is 15.1 Å². The number of carbonyl (C=O) groups is 2. The topological polar surface area (TPSA) is 70.7 Å². The zero-order chi connectivity index (χ0) is 24.7. The Morgan fingerprint density at radius 1 is 0.971 bits per heavy atom. The van der Waals surface area contributed by atoms with E-state index in [9.17, 15) is 9.59 Å². The van der Waals surface area contributed by atoms with E-state index < -0.39 is 0 Å². The van der Waals surface area contributed by atoms with Crippen LogP contribution in [0.15, 0.2) is 60.2 Å². The Morgan fingerprint density at radius 3 is 2.40 bits per heavy atom. The van der Waals surface area contributed by atoms with Crippen LogP contribution in [-0.4, -0.2) is 44.8 Å². The summed E-state index contributed by atoms with van der Waals surface area (Å²) < 4.78 is 5.07. The number of rotatable bonds is 4. The minimum atomic E-state index is -0.383. The molecule has 4 unspecified atom stereocenters. The normalized spacial score (nSPS) is 25.9. The van der Waals surface area contributed by atoms with Crippen molar-refractivity contribution in [2.45, 2.75) is 6.04 Å². The molecule has 3 aliphatic rings. The molecule has 0 bridgehead atoms. The van der Waals surface area contributed by atoms with E-state index in [1.165, 1.54) is 7.11 Å². The number of carbonyl (C=O) groups excluding carboxylic acids is 2. The monoisotopic (exact) mass is 531 g/mol. The van der Waals surface area contributed by atoms with Crippen molar-refractivity contribution in [3.05, 3.63) is 80.8 Å². The van der Waals surface area contributed by atoms with Crippen molar-refractivity contribution in [3.8, 4) is 0 Å².